The lowest BCUT2D eigenvalue weighted by Crippen LogP contribution is -2.53. The van der Waals surface area contributed by atoms with Gasteiger partial charge in [-0.25, -0.2) is 4.79 Å². The van der Waals surface area contributed by atoms with Crippen LogP contribution in [0.2, 0.25) is 0 Å². The Balaban J connectivity index is 1.30. The molecule has 6 aromatic rings. The molecule has 0 fully saturated rings. The molecule has 5 aliphatic heterocycles. The number of hydrogen-bond acceptors (Lipinski definition) is 18. The van der Waals surface area contributed by atoms with Crippen LogP contribution in [-0.2, 0) is 52.8 Å². The Kier molecular flexibility index (Phi) is 15.0. The van der Waals surface area contributed by atoms with Crippen molar-refractivity contribution in [2.45, 2.75) is 49.5 Å². The third-order valence-electron chi connectivity index (χ3n) is 12.9. The summed E-state index contributed by atoms with van der Waals surface area (Å²) in [7, 11) is 3.60. The van der Waals surface area contributed by atoms with Gasteiger partial charge in [0.05, 0.1) is 42.5 Å². The highest BCUT2D eigenvalue weighted by atomic mass is 16.6. The monoisotopic (exact) mass is 1080 g/mol. The van der Waals surface area contributed by atoms with Crippen molar-refractivity contribution in [2.75, 3.05) is 21.3 Å². The van der Waals surface area contributed by atoms with Crippen LogP contribution in [0.5, 0.6) is 46.0 Å². The SMILES string of the molecule is COC(=O)C1Cc2ccc(c([N+](=O)[O-])c2)Oc2cc3cc(c2OC)Oc2ccc(cc2[N+](=O)[O-])CC2NC(=O)Cc4ccc([N+](=O)[O-])c(c4)Oc4cccc(c4)C(NC2=O)C(=O)NC3C(=O)NC(c2ccc(OC)cc2)C(=O)N1. The van der Waals surface area contributed by atoms with E-state index in [9.17, 15) is 49.5 Å². The summed E-state index contributed by atoms with van der Waals surface area (Å²) in [6.07, 6.45) is -1.27. The number of rotatable bonds is 7. The molecule has 0 aliphatic carbocycles. The summed E-state index contributed by atoms with van der Waals surface area (Å²) in [5, 5.41) is 51.0. The molecule has 0 saturated carbocycles. The van der Waals surface area contributed by atoms with E-state index in [2.05, 4.69) is 26.6 Å². The van der Waals surface area contributed by atoms with Crippen LogP contribution in [0.3, 0.4) is 0 Å². The van der Waals surface area contributed by atoms with Crippen molar-refractivity contribution in [1.82, 2.24) is 26.6 Å². The first-order valence-corrected chi connectivity index (χ1v) is 23.8. The van der Waals surface area contributed by atoms with Gasteiger partial charge in [0, 0.05) is 31.0 Å². The third kappa shape index (κ3) is 11.5. The van der Waals surface area contributed by atoms with Crippen LogP contribution in [0.4, 0.5) is 17.1 Å². The Bertz CT molecular complexity index is 3520. The summed E-state index contributed by atoms with van der Waals surface area (Å²) in [6.45, 7) is 0. The van der Waals surface area contributed by atoms with Crippen LogP contribution in [0.25, 0.3) is 0 Å². The van der Waals surface area contributed by atoms with Crippen LogP contribution in [0, 0.1) is 30.3 Å². The second-order valence-electron chi connectivity index (χ2n) is 18.0. The maximum atomic E-state index is 15.4. The van der Waals surface area contributed by atoms with E-state index in [0.717, 1.165) is 44.6 Å². The minimum Gasteiger partial charge on any atom is -0.497 e. The topological polar surface area (TPSA) is 347 Å². The van der Waals surface area contributed by atoms with Crippen LogP contribution in [0.15, 0.2) is 115 Å². The molecule has 0 radical (unpaired) electrons. The predicted molar refractivity (Wildman–Crippen MR) is 272 cm³/mol. The number of nitrogens with zero attached hydrogens (tertiary/aromatic N) is 3. The van der Waals surface area contributed by atoms with Gasteiger partial charge in [-0.3, -0.25) is 54.3 Å². The molecule has 79 heavy (non-hydrogen) atoms. The number of methoxy groups -OCH3 is 3. The van der Waals surface area contributed by atoms with Gasteiger partial charge in [0.25, 0.3) is 0 Å². The second kappa shape index (κ2) is 22.3. The summed E-state index contributed by atoms with van der Waals surface area (Å²) < 4.78 is 34.6. The number of amides is 5. The molecule has 5 amide bonds. The molecule has 5 N–H and O–H groups in total. The van der Waals surface area contributed by atoms with E-state index in [4.69, 9.17) is 28.4 Å². The van der Waals surface area contributed by atoms with Crippen molar-refractivity contribution in [1.29, 1.82) is 0 Å². The van der Waals surface area contributed by atoms with Gasteiger partial charge in [0.2, 0.25) is 52.5 Å². The highest BCUT2D eigenvalue weighted by Gasteiger charge is 2.38. The molecule has 5 aliphatic rings. The number of fused-ring (bicyclic) bond motifs is 15. The van der Waals surface area contributed by atoms with Crippen LogP contribution in [-0.4, -0.2) is 83.7 Å². The zero-order valence-corrected chi connectivity index (χ0v) is 41.7. The Hall–Kier alpha value is -10.7. The summed E-state index contributed by atoms with van der Waals surface area (Å²) in [5.41, 5.74) is -1.58. The van der Waals surface area contributed by atoms with Crippen molar-refractivity contribution in [3.05, 3.63) is 179 Å². The van der Waals surface area contributed by atoms with E-state index < -0.39 is 133 Å². The molecule has 6 aromatic carbocycles. The van der Waals surface area contributed by atoms with Crippen LogP contribution >= 0.6 is 0 Å². The predicted octanol–water partition coefficient (Wildman–Crippen LogP) is 5.49. The number of nitro groups is 3. The number of carbonyl (C=O) groups is 6. The zero-order chi connectivity index (χ0) is 56.2. The van der Waals surface area contributed by atoms with Gasteiger partial charge in [-0.2, -0.15) is 0 Å². The molecule has 404 valence electrons. The Labute approximate surface area is 445 Å². The van der Waals surface area contributed by atoms with E-state index >= 15 is 9.59 Å². The van der Waals surface area contributed by atoms with Gasteiger partial charge in [0.1, 0.15) is 41.7 Å². The van der Waals surface area contributed by atoms with Crippen LogP contribution in [0.1, 0.15) is 51.5 Å². The summed E-state index contributed by atoms with van der Waals surface area (Å²) >= 11 is 0. The molecular weight excluding hydrogens is 1040 g/mol. The van der Waals surface area contributed by atoms with Gasteiger partial charge in [-0.15, -0.1) is 0 Å². The molecule has 5 unspecified atom stereocenters. The molecule has 26 heteroatoms. The standard InChI is InChI=1S/C53H44N8O18/c1-74-32-12-10-29(11-13-32)45-50(64)55-35(53(67)76-3)18-27-9-16-40(38(20-27)61(72)73)79-43-25-31-24-42(48(43)75-2)78-39-15-8-26(19-37(39)60(70)71)17-34-49(63)56-46(51(65)58-47(31)52(66)57-45)30-5-4-6-33(23-30)77-41-21-28(22-44(62)54-34)7-14-36(41)59(68)69/h4-16,19-21,23-25,34-35,45-47H,17-18,22H2,1-3H3,(H,54,62)(H,55,64)(H,56,63)(H,57,66)(H,58,65). The number of nitrogens with one attached hydrogen (secondary N) is 5. The van der Waals surface area contributed by atoms with Crippen molar-refractivity contribution in [3.63, 3.8) is 0 Å². The molecular formula is C53H44N8O18. The van der Waals surface area contributed by atoms with Crippen molar-refractivity contribution in [3.8, 4) is 46.0 Å². The quantitative estimate of drug-likeness (QED) is 0.0749. The van der Waals surface area contributed by atoms with E-state index in [0.29, 0.717) is 5.75 Å². The summed E-state index contributed by atoms with van der Waals surface area (Å²) in [5.74, 6) is -8.22. The van der Waals surface area contributed by atoms with Gasteiger partial charge in [-0.05, 0) is 88.0 Å². The molecule has 0 spiro atoms. The van der Waals surface area contributed by atoms with Gasteiger partial charge >= 0.3 is 23.0 Å². The minimum absolute atomic E-state index is 0.0538. The van der Waals surface area contributed by atoms with Gasteiger partial charge in [0.15, 0.2) is 11.5 Å². The minimum atomic E-state index is -2.05. The number of esters is 1. The fourth-order valence-electron chi connectivity index (χ4n) is 9.07. The number of carbonyl (C=O) groups excluding carboxylic acids is 6. The third-order valence-corrected chi connectivity index (χ3v) is 12.9. The first-order chi connectivity index (χ1) is 37.9. The average molecular weight is 1080 g/mol. The van der Waals surface area contributed by atoms with Gasteiger partial charge < -0.3 is 55.0 Å². The van der Waals surface area contributed by atoms with Crippen molar-refractivity contribution in [2.24, 2.45) is 0 Å². The molecule has 11 rings (SSSR count). The maximum Gasteiger partial charge on any atom is 0.328 e. The molecule has 26 nitrogen and oxygen atoms in total. The van der Waals surface area contributed by atoms with E-state index in [1.807, 2.05) is 0 Å². The Morgan fingerprint density at radius 1 is 0.506 bits per heavy atom. The molecule has 13 bridgehead atoms. The fraction of sp³-hybridized carbons (Fsp3) is 0.208. The van der Waals surface area contributed by atoms with Gasteiger partial charge in [-0.1, -0.05) is 42.5 Å². The molecule has 0 aromatic heterocycles. The fourth-order valence-corrected chi connectivity index (χ4v) is 9.07. The van der Waals surface area contributed by atoms with E-state index in [1.165, 1.54) is 92.0 Å². The largest absolute Gasteiger partial charge is 0.497 e. The lowest BCUT2D eigenvalue weighted by molar-refractivity contribution is -0.385. The maximum absolute atomic E-state index is 15.4. The lowest BCUT2D eigenvalue weighted by Gasteiger charge is -2.29. The number of ether oxygens (including phenoxy) is 6. The van der Waals surface area contributed by atoms with Crippen molar-refractivity contribution >= 4 is 52.6 Å². The zero-order valence-electron chi connectivity index (χ0n) is 41.7. The normalized spacial score (nSPS) is 19.1. The number of benzene rings is 6. The van der Waals surface area contributed by atoms with Crippen molar-refractivity contribution < 1.29 is 72.0 Å². The lowest BCUT2D eigenvalue weighted by atomic mass is 9.98. The number of nitro benzene ring substituents is 3. The average Bonchev–Trinajstić information content (AvgIpc) is 3.54. The number of hydrogen-bond donors (Lipinski definition) is 5. The molecule has 0 saturated heterocycles. The first kappa shape index (κ1) is 53.2. The smallest absolute Gasteiger partial charge is 0.328 e. The first-order valence-electron chi connectivity index (χ1n) is 23.8. The molecule has 5 heterocycles. The highest BCUT2D eigenvalue weighted by molar-refractivity contribution is 5.98. The van der Waals surface area contributed by atoms with Crippen LogP contribution < -0.4 is 50.3 Å². The highest BCUT2D eigenvalue weighted by Crippen LogP contribution is 2.47. The molecule has 5 atom stereocenters. The Morgan fingerprint density at radius 2 is 1.06 bits per heavy atom. The summed E-state index contributed by atoms with van der Waals surface area (Å²) in [6, 6.07) is 15.8. The van der Waals surface area contributed by atoms with E-state index in [1.54, 1.807) is 0 Å². The van der Waals surface area contributed by atoms with E-state index in [-0.39, 0.29) is 57.1 Å². The summed E-state index contributed by atoms with van der Waals surface area (Å²) in [4.78, 5) is 123. The Morgan fingerprint density at radius 3 is 1.65 bits per heavy atom. The second-order valence-corrected chi connectivity index (χ2v) is 18.0.